The number of benzene rings is 1. The second-order valence-electron chi connectivity index (χ2n) is 5.47. The van der Waals surface area contributed by atoms with Crippen LogP contribution in [0.3, 0.4) is 0 Å². The van der Waals surface area contributed by atoms with Crippen LogP contribution < -0.4 is 4.72 Å². The van der Waals surface area contributed by atoms with Crippen molar-refractivity contribution in [2.24, 2.45) is 5.92 Å². The Labute approximate surface area is 122 Å². The fourth-order valence-corrected chi connectivity index (χ4v) is 4.09. The van der Waals surface area contributed by atoms with Crippen molar-refractivity contribution in [1.29, 1.82) is 0 Å². The van der Waals surface area contributed by atoms with Gasteiger partial charge in [-0.3, -0.25) is 10.1 Å². The quantitative estimate of drug-likeness (QED) is 0.667. The minimum Gasteiger partial charge on any atom is -0.258 e. The zero-order valence-electron chi connectivity index (χ0n) is 11.1. The van der Waals surface area contributed by atoms with Gasteiger partial charge in [0, 0.05) is 17.7 Å². The second kappa shape index (κ2) is 4.98. The molecule has 2 rings (SSSR count). The smallest absolute Gasteiger partial charge is 0.258 e. The Morgan fingerprint density at radius 1 is 1.40 bits per heavy atom. The fraction of sp³-hybridized carbons (Fsp3) is 0.500. The molecule has 1 aromatic carbocycles. The van der Waals surface area contributed by atoms with Crippen molar-refractivity contribution in [2.45, 2.75) is 37.1 Å². The number of hydrogen-bond acceptors (Lipinski definition) is 4. The number of nitrogens with one attached hydrogen (secondary N) is 1. The summed E-state index contributed by atoms with van der Waals surface area (Å²) in [5, 5.41) is 10.7. The van der Waals surface area contributed by atoms with Gasteiger partial charge in [-0.1, -0.05) is 11.6 Å². The highest BCUT2D eigenvalue weighted by atomic mass is 35.5. The first kappa shape index (κ1) is 15.2. The van der Waals surface area contributed by atoms with E-state index >= 15 is 0 Å². The summed E-state index contributed by atoms with van der Waals surface area (Å²) in [5.41, 5.74) is -0.897. The maximum atomic E-state index is 12.4. The molecule has 0 saturated heterocycles. The Bertz CT molecular complexity index is 653. The lowest BCUT2D eigenvalue weighted by Gasteiger charge is -2.25. The fourth-order valence-electron chi connectivity index (χ4n) is 2.10. The molecule has 0 aromatic heterocycles. The van der Waals surface area contributed by atoms with E-state index in [0.29, 0.717) is 0 Å². The molecule has 0 spiro atoms. The molecule has 1 N–H and O–H groups in total. The molecule has 0 heterocycles. The number of halogens is 1. The van der Waals surface area contributed by atoms with E-state index in [2.05, 4.69) is 4.72 Å². The maximum Gasteiger partial charge on any atom is 0.270 e. The van der Waals surface area contributed by atoms with E-state index < -0.39 is 20.5 Å². The van der Waals surface area contributed by atoms with E-state index in [4.69, 9.17) is 11.6 Å². The van der Waals surface area contributed by atoms with Gasteiger partial charge in [-0.05, 0) is 38.7 Å². The molecule has 0 bridgehead atoms. The molecular weight excluding hydrogens is 304 g/mol. The lowest BCUT2D eigenvalue weighted by atomic mass is 10.0. The zero-order chi connectivity index (χ0) is 15.1. The number of nitro groups is 1. The summed E-state index contributed by atoms with van der Waals surface area (Å²) in [6.07, 6.45) is 1.94. The summed E-state index contributed by atoms with van der Waals surface area (Å²) < 4.78 is 27.3. The number of sulfonamides is 1. The van der Waals surface area contributed by atoms with Crippen LogP contribution in [0.5, 0.6) is 0 Å². The third-order valence-corrected chi connectivity index (χ3v) is 5.56. The highest BCUT2D eigenvalue weighted by Gasteiger charge is 2.41. The van der Waals surface area contributed by atoms with Crippen LogP contribution in [0.2, 0.25) is 5.02 Å². The van der Waals surface area contributed by atoms with Crippen molar-refractivity contribution >= 4 is 27.3 Å². The second-order valence-corrected chi connectivity index (χ2v) is 7.53. The lowest BCUT2D eigenvalue weighted by Crippen LogP contribution is -2.45. The normalized spacial score (nSPS) is 16.1. The third-order valence-electron chi connectivity index (χ3n) is 3.41. The molecule has 1 aromatic rings. The van der Waals surface area contributed by atoms with E-state index in [-0.39, 0.29) is 21.5 Å². The topological polar surface area (TPSA) is 89.3 Å². The summed E-state index contributed by atoms with van der Waals surface area (Å²) in [6.45, 7) is 3.60. The number of non-ortho nitro benzene ring substituents is 1. The van der Waals surface area contributed by atoms with Crippen LogP contribution in [0.4, 0.5) is 5.69 Å². The van der Waals surface area contributed by atoms with Crippen molar-refractivity contribution in [1.82, 2.24) is 4.72 Å². The molecule has 0 amide bonds. The molecule has 0 atom stereocenters. The minimum absolute atomic E-state index is 0.0327. The largest absolute Gasteiger partial charge is 0.270 e. The maximum absolute atomic E-state index is 12.4. The van der Waals surface area contributed by atoms with Crippen LogP contribution in [0, 0.1) is 16.0 Å². The van der Waals surface area contributed by atoms with Gasteiger partial charge in [-0.2, -0.15) is 0 Å². The van der Waals surface area contributed by atoms with E-state index in [1.807, 2.05) is 0 Å². The highest BCUT2D eigenvalue weighted by Crippen LogP contribution is 2.40. The molecule has 0 radical (unpaired) electrons. The summed E-state index contributed by atoms with van der Waals surface area (Å²) in [6, 6.07) is 3.37. The predicted octanol–water partition coefficient (Wildman–Crippen LogP) is 2.72. The Morgan fingerprint density at radius 2 is 2.00 bits per heavy atom. The van der Waals surface area contributed by atoms with Gasteiger partial charge in [0.15, 0.2) is 0 Å². The van der Waals surface area contributed by atoms with Crippen LogP contribution >= 0.6 is 11.6 Å². The van der Waals surface area contributed by atoms with Crippen LogP contribution in [0.1, 0.15) is 26.7 Å². The van der Waals surface area contributed by atoms with Gasteiger partial charge in [0.05, 0.1) is 9.95 Å². The van der Waals surface area contributed by atoms with Crippen molar-refractivity contribution < 1.29 is 13.3 Å². The average molecular weight is 319 g/mol. The SMILES string of the molecule is CC(C)(NS(=O)(=O)c1cc([N+](=O)[O-])ccc1Cl)C1CC1. The summed E-state index contributed by atoms with van der Waals surface area (Å²) >= 11 is 5.87. The van der Waals surface area contributed by atoms with Crippen LogP contribution in [-0.4, -0.2) is 18.9 Å². The monoisotopic (exact) mass is 318 g/mol. The van der Waals surface area contributed by atoms with Gasteiger partial charge in [0.25, 0.3) is 5.69 Å². The van der Waals surface area contributed by atoms with Crippen molar-refractivity contribution in [2.75, 3.05) is 0 Å². The minimum atomic E-state index is -3.90. The molecule has 0 aliphatic heterocycles. The first-order valence-corrected chi connectivity index (χ1v) is 7.97. The van der Waals surface area contributed by atoms with Crippen LogP contribution in [0.15, 0.2) is 23.1 Å². The van der Waals surface area contributed by atoms with Crippen molar-refractivity contribution in [3.63, 3.8) is 0 Å². The average Bonchev–Trinajstić information content (AvgIpc) is 3.11. The van der Waals surface area contributed by atoms with Gasteiger partial charge in [0.2, 0.25) is 10.0 Å². The lowest BCUT2D eigenvalue weighted by molar-refractivity contribution is -0.385. The Kier molecular flexibility index (Phi) is 3.79. The van der Waals surface area contributed by atoms with Gasteiger partial charge in [-0.15, -0.1) is 0 Å². The van der Waals surface area contributed by atoms with Crippen molar-refractivity contribution in [3.05, 3.63) is 33.3 Å². The zero-order valence-corrected chi connectivity index (χ0v) is 12.7. The van der Waals surface area contributed by atoms with Gasteiger partial charge in [0.1, 0.15) is 4.90 Å². The van der Waals surface area contributed by atoms with Crippen LogP contribution in [0.25, 0.3) is 0 Å². The van der Waals surface area contributed by atoms with Gasteiger partial charge in [-0.25, -0.2) is 13.1 Å². The van der Waals surface area contributed by atoms with Gasteiger partial charge >= 0.3 is 0 Å². The molecule has 0 unspecified atom stereocenters. The molecule has 110 valence electrons. The number of hydrogen-bond donors (Lipinski definition) is 1. The third kappa shape index (κ3) is 3.11. The van der Waals surface area contributed by atoms with E-state index in [1.54, 1.807) is 13.8 Å². The van der Waals surface area contributed by atoms with Crippen LogP contribution in [-0.2, 0) is 10.0 Å². The Balaban J connectivity index is 2.38. The first-order chi connectivity index (χ1) is 9.13. The Hall–Kier alpha value is -1.18. The summed E-state index contributed by atoms with van der Waals surface area (Å²) in [5.74, 6) is 0.287. The molecule has 1 aliphatic carbocycles. The van der Waals surface area contributed by atoms with E-state index in [1.165, 1.54) is 12.1 Å². The molecule has 6 nitrogen and oxygen atoms in total. The summed E-state index contributed by atoms with van der Waals surface area (Å²) in [7, 11) is -3.90. The predicted molar refractivity (Wildman–Crippen MR) is 75.2 cm³/mol. The van der Waals surface area contributed by atoms with E-state index in [0.717, 1.165) is 18.9 Å². The highest BCUT2D eigenvalue weighted by molar-refractivity contribution is 7.89. The molecule has 8 heteroatoms. The molecule has 1 saturated carbocycles. The molecule has 1 aliphatic rings. The number of rotatable bonds is 5. The molecular formula is C12H15ClN2O4S. The number of nitrogens with zero attached hydrogens (tertiary/aromatic N) is 1. The Morgan fingerprint density at radius 3 is 2.50 bits per heavy atom. The number of nitro benzene ring substituents is 1. The molecule has 1 fully saturated rings. The summed E-state index contributed by atoms with van der Waals surface area (Å²) in [4.78, 5) is 9.83. The standard InChI is InChI=1S/C12H15ClN2O4S/c1-12(2,8-3-4-8)14-20(18,19)11-7-9(15(16)17)5-6-10(11)13/h5-8,14H,3-4H2,1-2H3. The molecule has 20 heavy (non-hydrogen) atoms. The first-order valence-electron chi connectivity index (χ1n) is 6.11. The van der Waals surface area contributed by atoms with Crippen molar-refractivity contribution in [3.8, 4) is 0 Å². The van der Waals surface area contributed by atoms with Gasteiger partial charge < -0.3 is 0 Å². The van der Waals surface area contributed by atoms with E-state index in [9.17, 15) is 18.5 Å².